The molecule has 1 saturated heterocycles. The normalized spacial score (nSPS) is 16.7. The van der Waals surface area contributed by atoms with Crippen LogP contribution in [0, 0.1) is 0 Å². The first-order valence-corrected chi connectivity index (χ1v) is 9.00. The van der Waals surface area contributed by atoms with Gasteiger partial charge in [0.15, 0.2) is 0 Å². The molecule has 7 heteroatoms. The number of hydrogen-bond donors (Lipinski definition) is 2. The minimum absolute atomic E-state index is 0.0410. The molecule has 1 amide bonds. The highest BCUT2D eigenvalue weighted by molar-refractivity contribution is 7.99. The quantitative estimate of drug-likeness (QED) is 0.732. The summed E-state index contributed by atoms with van der Waals surface area (Å²) in [6.45, 7) is 1.47. The molecule has 2 rings (SSSR count). The van der Waals surface area contributed by atoms with Gasteiger partial charge >= 0.3 is 5.97 Å². The number of carbonyl (C=O) groups excluding carboxylic acids is 1. The summed E-state index contributed by atoms with van der Waals surface area (Å²) >= 11 is 7.60. The summed E-state index contributed by atoms with van der Waals surface area (Å²) in [7, 11) is 0. The van der Waals surface area contributed by atoms with E-state index in [1.807, 2.05) is 18.2 Å². The Kier molecular flexibility index (Phi) is 6.74. The summed E-state index contributed by atoms with van der Waals surface area (Å²) in [5.74, 6) is -0.310. The second-order valence-electron chi connectivity index (χ2n) is 5.38. The SMILES string of the molecule is O=C(O)CSCCNC(=O)C1(c2ccccc2Cl)CCOCC1. The first-order chi connectivity index (χ1) is 11.1. The van der Waals surface area contributed by atoms with Crippen LogP contribution in [0.1, 0.15) is 18.4 Å². The van der Waals surface area contributed by atoms with Gasteiger partial charge < -0.3 is 15.2 Å². The number of amides is 1. The molecule has 0 bridgehead atoms. The standard InChI is InChI=1S/C16H20ClNO4S/c17-13-4-2-1-3-12(13)16(5-8-22-9-6-16)15(21)18-7-10-23-11-14(19)20/h1-4H,5-11H2,(H,18,21)(H,19,20). The van der Waals surface area contributed by atoms with E-state index in [-0.39, 0.29) is 11.7 Å². The summed E-state index contributed by atoms with van der Waals surface area (Å²) in [6, 6.07) is 7.42. The summed E-state index contributed by atoms with van der Waals surface area (Å²) in [6.07, 6.45) is 1.18. The molecule has 0 saturated carbocycles. The molecule has 5 nitrogen and oxygen atoms in total. The third-order valence-corrected chi connectivity index (χ3v) is 5.20. The Morgan fingerprint density at radius 1 is 1.30 bits per heavy atom. The van der Waals surface area contributed by atoms with E-state index in [1.165, 1.54) is 11.8 Å². The topological polar surface area (TPSA) is 75.6 Å². The van der Waals surface area contributed by atoms with Gasteiger partial charge in [0, 0.05) is 30.5 Å². The highest BCUT2D eigenvalue weighted by Crippen LogP contribution is 2.38. The lowest BCUT2D eigenvalue weighted by molar-refractivity contribution is -0.134. The fraction of sp³-hybridized carbons (Fsp3) is 0.500. The molecular formula is C16H20ClNO4S. The van der Waals surface area contributed by atoms with E-state index in [0.717, 1.165) is 5.56 Å². The highest BCUT2D eigenvalue weighted by atomic mass is 35.5. The summed E-state index contributed by atoms with van der Waals surface area (Å²) in [5, 5.41) is 12.1. The van der Waals surface area contributed by atoms with Crippen LogP contribution in [0.15, 0.2) is 24.3 Å². The van der Waals surface area contributed by atoms with Crippen LogP contribution in [0.3, 0.4) is 0 Å². The zero-order valence-corrected chi connectivity index (χ0v) is 14.3. The van der Waals surface area contributed by atoms with E-state index in [1.54, 1.807) is 6.07 Å². The molecule has 0 unspecified atom stereocenters. The average molecular weight is 358 g/mol. The Labute approximate surface area is 144 Å². The zero-order chi connectivity index (χ0) is 16.7. The number of rotatable bonds is 7. The second kappa shape index (κ2) is 8.57. The van der Waals surface area contributed by atoms with E-state index >= 15 is 0 Å². The highest BCUT2D eigenvalue weighted by Gasteiger charge is 2.42. The van der Waals surface area contributed by atoms with E-state index in [4.69, 9.17) is 21.4 Å². The number of hydrogen-bond acceptors (Lipinski definition) is 4. The van der Waals surface area contributed by atoms with Crippen molar-refractivity contribution in [3.63, 3.8) is 0 Å². The molecule has 1 fully saturated rings. The molecule has 0 aromatic heterocycles. The number of carboxylic acid groups (broad SMARTS) is 1. The largest absolute Gasteiger partial charge is 0.481 e. The molecule has 1 aliphatic heterocycles. The molecule has 1 aromatic rings. The van der Waals surface area contributed by atoms with Gasteiger partial charge in [-0.25, -0.2) is 0 Å². The maximum Gasteiger partial charge on any atom is 0.313 e. The van der Waals surface area contributed by atoms with Crippen molar-refractivity contribution in [1.82, 2.24) is 5.32 Å². The predicted molar refractivity (Wildman–Crippen MR) is 91.2 cm³/mol. The molecule has 0 aliphatic carbocycles. The van der Waals surface area contributed by atoms with Gasteiger partial charge in [0.1, 0.15) is 0 Å². The van der Waals surface area contributed by atoms with Crippen LogP contribution in [0.2, 0.25) is 5.02 Å². The smallest absolute Gasteiger partial charge is 0.313 e. The maximum atomic E-state index is 12.8. The van der Waals surface area contributed by atoms with Crippen molar-refractivity contribution in [2.75, 3.05) is 31.3 Å². The first-order valence-electron chi connectivity index (χ1n) is 7.47. The van der Waals surface area contributed by atoms with Crippen LogP contribution < -0.4 is 5.32 Å². The number of aliphatic carboxylic acids is 1. The van der Waals surface area contributed by atoms with Crippen molar-refractivity contribution in [3.05, 3.63) is 34.9 Å². The van der Waals surface area contributed by atoms with Gasteiger partial charge in [0.2, 0.25) is 5.91 Å². The summed E-state index contributed by atoms with van der Waals surface area (Å²) < 4.78 is 5.41. The van der Waals surface area contributed by atoms with Gasteiger partial charge in [-0.2, -0.15) is 0 Å². The fourth-order valence-electron chi connectivity index (χ4n) is 2.75. The summed E-state index contributed by atoms with van der Waals surface area (Å²) in [5.41, 5.74) is 0.161. The lowest BCUT2D eigenvalue weighted by Crippen LogP contribution is -2.48. The van der Waals surface area contributed by atoms with Crippen molar-refractivity contribution in [2.45, 2.75) is 18.3 Å². The molecule has 0 radical (unpaired) electrons. The monoisotopic (exact) mass is 357 g/mol. The van der Waals surface area contributed by atoms with Crippen molar-refractivity contribution >= 4 is 35.2 Å². The van der Waals surface area contributed by atoms with E-state index < -0.39 is 11.4 Å². The maximum absolute atomic E-state index is 12.8. The van der Waals surface area contributed by atoms with Crippen molar-refractivity contribution in [1.29, 1.82) is 0 Å². The third kappa shape index (κ3) is 4.62. The second-order valence-corrected chi connectivity index (χ2v) is 6.89. The number of ether oxygens (including phenoxy) is 1. The molecule has 2 N–H and O–H groups in total. The summed E-state index contributed by atoms with van der Waals surface area (Å²) in [4.78, 5) is 23.3. The molecule has 126 valence electrons. The van der Waals surface area contributed by atoms with Crippen LogP contribution >= 0.6 is 23.4 Å². The molecule has 23 heavy (non-hydrogen) atoms. The van der Waals surface area contributed by atoms with Gasteiger partial charge in [0.05, 0.1) is 11.2 Å². The van der Waals surface area contributed by atoms with Gasteiger partial charge in [-0.3, -0.25) is 9.59 Å². The van der Waals surface area contributed by atoms with Crippen LogP contribution in [0.25, 0.3) is 0 Å². The van der Waals surface area contributed by atoms with Crippen molar-refractivity contribution < 1.29 is 19.4 Å². The minimum atomic E-state index is -0.849. The minimum Gasteiger partial charge on any atom is -0.481 e. The molecule has 0 spiro atoms. The molecular weight excluding hydrogens is 338 g/mol. The van der Waals surface area contributed by atoms with Crippen LogP contribution in [-0.4, -0.2) is 48.2 Å². The van der Waals surface area contributed by atoms with Crippen LogP contribution in [0.4, 0.5) is 0 Å². The first kappa shape index (κ1) is 18.1. The van der Waals surface area contributed by atoms with Crippen molar-refractivity contribution in [2.24, 2.45) is 0 Å². The molecule has 0 atom stereocenters. The zero-order valence-electron chi connectivity index (χ0n) is 12.7. The number of nitrogens with one attached hydrogen (secondary N) is 1. The van der Waals surface area contributed by atoms with Gasteiger partial charge in [0.25, 0.3) is 0 Å². The van der Waals surface area contributed by atoms with Crippen LogP contribution in [-0.2, 0) is 19.7 Å². The Morgan fingerprint density at radius 3 is 2.65 bits per heavy atom. The number of benzene rings is 1. The molecule has 1 heterocycles. The predicted octanol–water partition coefficient (Wildman–Crippen LogP) is 2.32. The Bertz CT molecular complexity index is 561. The number of thioether (sulfide) groups is 1. The van der Waals surface area contributed by atoms with Crippen LogP contribution in [0.5, 0.6) is 0 Å². The Balaban J connectivity index is 2.05. The Hall–Kier alpha value is -1.24. The number of carboxylic acids is 1. The fourth-order valence-corrected chi connectivity index (χ4v) is 3.64. The van der Waals surface area contributed by atoms with Crippen molar-refractivity contribution in [3.8, 4) is 0 Å². The van der Waals surface area contributed by atoms with Gasteiger partial charge in [-0.15, -0.1) is 11.8 Å². The molecule has 1 aromatic carbocycles. The lowest BCUT2D eigenvalue weighted by Gasteiger charge is -2.36. The Morgan fingerprint density at radius 2 is 2.00 bits per heavy atom. The van der Waals surface area contributed by atoms with E-state index in [2.05, 4.69) is 5.32 Å². The third-order valence-electron chi connectivity index (χ3n) is 3.93. The van der Waals surface area contributed by atoms with E-state index in [0.29, 0.717) is 43.4 Å². The lowest BCUT2D eigenvalue weighted by atomic mass is 9.73. The van der Waals surface area contributed by atoms with Gasteiger partial charge in [-0.05, 0) is 24.5 Å². The number of carbonyl (C=O) groups is 2. The number of halogens is 1. The van der Waals surface area contributed by atoms with Gasteiger partial charge in [-0.1, -0.05) is 29.8 Å². The molecule has 1 aliphatic rings. The van der Waals surface area contributed by atoms with E-state index in [9.17, 15) is 9.59 Å². The average Bonchev–Trinajstić information content (AvgIpc) is 2.55.